The predicted octanol–water partition coefficient (Wildman–Crippen LogP) is 5.85. The van der Waals surface area contributed by atoms with Crippen molar-refractivity contribution in [3.63, 3.8) is 0 Å². The first-order chi connectivity index (χ1) is 27.0. The maximum atomic E-state index is 14.1. The van der Waals surface area contributed by atoms with E-state index in [1.165, 1.54) is 11.1 Å². The van der Waals surface area contributed by atoms with Gasteiger partial charge >= 0.3 is 0 Å². The third-order valence-electron chi connectivity index (χ3n) is 13.7. The van der Waals surface area contributed by atoms with Gasteiger partial charge in [-0.3, -0.25) is 19.3 Å². The zero-order chi connectivity index (χ0) is 39.5. The molecule has 1 unspecified atom stereocenters. The van der Waals surface area contributed by atoms with Gasteiger partial charge in [0, 0.05) is 87.8 Å². The van der Waals surface area contributed by atoms with Crippen molar-refractivity contribution in [1.29, 1.82) is 0 Å². The summed E-state index contributed by atoms with van der Waals surface area (Å²) >= 11 is 6.53. The van der Waals surface area contributed by atoms with E-state index in [-0.39, 0.29) is 22.5 Å². The van der Waals surface area contributed by atoms with Crippen LogP contribution in [-0.4, -0.2) is 130 Å². The van der Waals surface area contributed by atoms with Crippen LogP contribution in [0, 0.1) is 17.8 Å². The number of piperazine rings is 1. The molecule has 2 bridgehead atoms. The molecule has 12 heteroatoms. The second-order valence-corrected chi connectivity index (χ2v) is 19.9. The van der Waals surface area contributed by atoms with Crippen molar-refractivity contribution >= 4 is 38.8 Å². The van der Waals surface area contributed by atoms with Crippen molar-refractivity contribution in [3.05, 3.63) is 70.3 Å². The van der Waals surface area contributed by atoms with Crippen molar-refractivity contribution in [1.82, 2.24) is 14.5 Å². The summed E-state index contributed by atoms with van der Waals surface area (Å²) in [5.74, 6) is 5.16. The molecule has 0 radical (unpaired) electrons. The zero-order valence-corrected chi connectivity index (χ0v) is 35.5. The van der Waals surface area contributed by atoms with Crippen molar-refractivity contribution in [3.8, 4) is 5.75 Å². The molecule has 1 N–H and O–H groups in total. The topological polar surface area (TPSA) is 92.8 Å². The summed E-state index contributed by atoms with van der Waals surface area (Å²) in [7, 11) is 0.618. The molecule has 1 saturated carbocycles. The maximum Gasteiger partial charge on any atom is 0.262 e. The number of methoxy groups -OCH3 is 2. The Labute approximate surface area is 340 Å². The van der Waals surface area contributed by atoms with E-state index >= 15 is 0 Å². The first-order valence-corrected chi connectivity index (χ1v) is 22.9. The van der Waals surface area contributed by atoms with E-state index in [1.807, 2.05) is 32.2 Å². The fourth-order valence-corrected chi connectivity index (χ4v) is 11.5. The highest BCUT2D eigenvalue weighted by Gasteiger charge is 2.50. The average molecular weight is 812 g/mol. The minimum Gasteiger partial charge on any atom is -0.490 e. The smallest absolute Gasteiger partial charge is 0.262 e. The summed E-state index contributed by atoms with van der Waals surface area (Å²) in [6.07, 6.45) is 10.5. The van der Waals surface area contributed by atoms with Gasteiger partial charge in [0.2, 0.25) is 0 Å². The zero-order valence-electron chi connectivity index (χ0n) is 33.9. The van der Waals surface area contributed by atoms with Crippen LogP contribution in [0.5, 0.6) is 5.75 Å². The van der Waals surface area contributed by atoms with E-state index in [0.717, 1.165) is 101 Å². The Bertz CT molecular complexity index is 1830. The second-order valence-electron chi connectivity index (χ2n) is 17.1. The normalized spacial score (nSPS) is 33.4. The van der Waals surface area contributed by atoms with Crippen LogP contribution in [0.25, 0.3) is 0 Å². The Hall–Kier alpha value is -2.64. The van der Waals surface area contributed by atoms with Crippen molar-refractivity contribution < 1.29 is 28.0 Å². The Morgan fingerprint density at radius 2 is 1.84 bits per heavy atom. The highest BCUT2D eigenvalue weighted by atomic mass is 35.5. The van der Waals surface area contributed by atoms with Crippen LogP contribution in [0.15, 0.2) is 48.6 Å². The first kappa shape index (κ1) is 41.5. The molecular weight excluding hydrogens is 748 g/mol. The van der Waals surface area contributed by atoms with Crippen LogP contribution < -0.4 is 14.4 Å². The number of benzene rings is 2. The lowest BCUT2D eigenvalue weighted by Crippen LogP contribution is -2.59. The summed E-state index contributed by atoms with van der Waals surface area (Å²) < 4.78 is 41.3. The number of aryl methyl sites for hydroxylation is 1. The van der Waals surface area contributed by atoms with Gasteiger partial charge in [-0.25, -0.2) is 4.21 Å². The van der Waals surface area contributed by atoms with Gasteiger partial charge in [0.1, 0.15) is 11.4 Å². The minimum atomic E-state index is -2.97. The van der Waals surface area contributed by atoms with Gasteiger partial charge in [0.05, 0.1) is 41.8 Å². The summed E-state index contributed by atoms with van der Waals surface area (Å²) in [6, 6.07) is 12.0. The number of anilines is 1. The molecule has 5 aliphatic rings. The molecule has 2 aromatic carbocycles. The Morgan fingerprint density at radius 1 is 1.04 bits per heavy atom. The molecule has 56 heavy (non-hydrogen) atoms. The SMILES string of the molecule is C=S1(=O)NC(=O)c2ccc3c(c2)N(C[C@@H]2CC[C@H]2[C@@](CN2CCN(CCOCCOC)CC2)(OC)/C=C/C[C@H](C)[C@H]1C)C[C@@]1(CCCc2cc(Cl)ccc21)CO3. The number of nitrogens with one attached hydrogen (secondary N) is 1. The number of hydrogen-bond donors (Lipinski definition) is 1. The molecular formula is C44H63ClN4O6S. The molecule has 3 aliphatic heterocycles. The molecule has 1 spiro atoms. The lowest BCUT2D eigenvalue weighted by atomic mass is 9.63. The summed E-state index contributed by atoms with van der Waals surface area (Å²) in [4.78, 5) is 21.4. The van der Waals surface area contributed by atoms with Crippen molar-refractivity contribution in [2.45, 2.75) is 68.6 Å². The highest BCUT2D eigenvalue weighted by molar-refractivity contribution is 7.99. The quantitative estimate of drug-likeness (QED) is 0.190. The van der Waals surface area contributed by atoms with Gasteiger partial charge in [0.25, 0.3) is 5.91 Å². The van der Waals surface area contributed by atoms with Gasteiger partial charge in [0.15, 0.2) is 0 Å². The van der Waals surface area contributed by atoms with E-state index < -0.39 is 15.3 Å². The van der Waals surface area contributed by atoms with Crippen LogP contribution in [0.2, 0.25) is 5.02 Å². The van der Waals surface area contributed by atoms with Gasteiger partial charge in [-0.05, 0) is 111 Å². The van der Waals surface area contributed by atoms with Gasteiger partial charge in [-0.1, -0.05) is 36.7 Å². The minimum absolute atomic E-state index is 0.0197. The van der Waals surface area contributed by atoms with Crippen LogP contribution in [0.4, 0.5) is 5.69 Å². The number of carbonyl (C=O) groups excluding carboxylic acids is 1. The van der Waals surface area contributed by atoms with Crippen molar-refractivity contribution in [2.24, 2.45) is 17.8 Å². The summed E-state index contributed by atoms with van der Waals surface area (Å²) in [6.45, 7) is 13.8. The fraction of sp³-hybridized carbons (Fsp3) is 0.636. The molecule has 7 atom stereocenters. The average Bonchev–Trinajstić information content (AvgIpc) is 3.32. The lowest BCUT2D eigenvalue weighted by molar-refractivity contribution is -0.0958. The molecule has 7 rings (SSSR count). The number of ether oxygens (including phenoxy) is 4. The monoisotopic (exact) mass is 810 g/mol. The van der Waals surface area contributed by atoms with Crippen LogP contribution >= 0.6 is 11.6 Å². The van der Waals surface area contributed by atoms with E-state index in [1.54, 1.807) is 13.2 Å². The molecule has 1 saturated heterocycles. The molecule has 2 fully saturated rings. The molecule has 2 aromatic rings. The molecule has 0 aromatic heterocycles. The number of nitrogens with zero attached hydrogens (tertiary/aromatic N) is 3. The van der Waals surface area contributed by atoms with E-state index in [9.17, 15) is 9.00 Å². The summed E-state index contributed by atoms with van der Waals surface area (Å²) in [5, 5.41) is 0.420. The Balaban J connectivity index is 1.21. The number of allylic oxidation sites excluding steroid dienone is 1. The number of fused-ring (bicyclic) bond motifs is 4. The molecule has 1 amide bonds. The van der Waals surface area contributed by atoms with E-state index in [4.69, 9.17) is 30.5 Å². The van der Waals surface area contributed by atoms with E-state index in [2.05, 4.69) is 56.5 Å². The largest absolute Gasteiger partial charge is 0.490 e. The third kappa shape index (κ3) is 8.84. The first-order valence-electron chi connectivity index (χ1n) is 20.7. The molecule has 308 valence electrons. The second kappa shape index (κ2) is 17.7. The van der Waals surface area contributed by atoms with Crippen LogP contribution in [0.3, 0.4) is 0 Å². The predicted molar refractivity (Wildman–Crippen MR) is 227 cm³/mol. The Kier molecular flexibility index (Phi) is 13.1. The number of rotatable bonds is 9. The van der Waals surface area contributed by atoms with Crippen LogP contribution in [-0.2, 0) is 35.8 Å². The lowest BCUT2D eigenvalue weighted by Gasteiger charge is -2.52. The number of carbonyl (C=O) groups is 1. The fourth-order valence-electron chi connectivity index (χ4n) is 9.86. The molecule has 2 aliphatic carbocycles. The highest BCUT2D eigenvalue weighted by Crippen LogP contribution is 2.49. The number of halogens is 1. The molecule has 10 nitrogen and oxygen atoms in total. The summed E-state index contributed by atoms with van der Waals surface area (Å²) in [5.41, 5.74) is 3.25. The van der Waals surface area contributed by atoms with Gasteiger partial charge in [-0.2, -0.15) is 0 Å². The third-order valence-corrected chi connectivity index (χ3v) is 16.1. The molecule has 3 heterocycles. The Morgan fingerprint density at radius 3 is 2.59 bits per heavy atom. The number of hydrogen-bond acceptors (Lipinski definition) is 9. The standard InChI is InChI=1S/C44H63ClN4O6S/c1-32-8-6-17-44(53-4,30-48-20-18-47(19-21-48)22-23-54-25-24-52-3)39-13-10-36(39)28-49-29-43(16-7-9-34-26-37(45)12-14-38(34)43)31-55-41-15-11-35(27-40(41)49)42(50)46-56(5,51)33(32)2/h6,11-12,14-15,17,26-27,32-33,36,39H,5,7-10,13,16,18-25,28-31H2,1-4H3,(H,46,50,51)/b17-6+/t32-,33+,36-,39+,43-,44+,56?/m0/s1. The number of amides is 1. The van der Waals surface area contributed by atoms with Crippen LogP contribution in [0.1, 0.15) is 67.4 Å². The van der Waals surface area contributed by atoms with Crippen molar-refractivity contribution in [2.75, 3.05) is 97.9 Å². The maximum absolute atomic E-state index is 14.1. The van der Waals surface area contributed by atoms with Gasteiger partial charge < -0.3 is 23.8 Å². The van der Waals surface area contributed by atoms with E-state index in [0.29, 0.717) is 50.2 Å². The van der Waals surface area contributed by atoms with Gasteiger partial charge in [-0.15, -0.1) is 0 Å².